The summed E-state index contributed by atoms with van der Waals surface area (Å²) in [6.07, 6.45) is 5.86. The molecule has 0 N–H and O–H groups in total. The molecular weight excluding hydrogens is 749 g/mol. The van der Waals surface area contributed by atoms with E-state index in [4.69, 9.17) is 88.6 Å². The molecule has 2 fully saturated rings. The van der Waals surface area contributed by atoms with Gasteiger partial charge in [0, 0.05) is 0 Å². The van der Waals surface area contributed by atoms with Crippen LogP contribution in [0.25, 0.3) is 0 Å². The van der Waals surface area contributed by atoms with Crippen LogP contribution in [0.5, 0.6) is 11.5 Å². The van der Waals surface area contributed by atoms with E-state index in [1.807, 2.05) is 0 Å². The molecule has 2 aliphatic carbocycles. The monoisotopic (exact) mass is 782 g/mol. The van der Waals surface area contributed by atoms with E-state index in [1.54, 1.807) is 0 Å². The summed E-state index contributed by atoms with van der Waals surface area (Å²) in [4.78, 5) is 52.6. The maximum Gasteiger partial charge on any atom is 0.423 e. The second-order valence-electron chi connectivity index (χ2n) is 12.4. The van der Waals surface area contributed by atoms with E-state index >= 15 is 0 Å². The minimum atomic E-state index is -1.63. The fourth-order valence-corrected chi connectivity index (χ4v) is 8.24. The average molecular weight is 785 g/mol. The Hall–Kier alpha value is -1.94. The van der Waals surface area contributed by atoms with Gasteiger partial charge in [-0.05, 0) is 73.3 Å². The van der Waals surface area contributed by atoms with Crippen molar-refractivity contribution in [1.82, 2.24) is 0 Å². The third-order valence-electron chi connectivity index (χ3n) is 9.91. The third-order valence-corrected chi connectivity index (χ3v) is 12.1. The molecule has 262 valence electrons. The molecule has 0 saturated heterocycles. The van der Waals surface area contributed by atoms with Crippen molar-refractivity contribution in [3.63, 3.8) is 0 Å². The van der Waals surface area contributed by atoms with Crippen molar-refractivity contribution < 1.29 is 38.1 Å². The average Bonchev–Trinajstić information content (AvgIpc) is 3.60. The van der Waals surface area contributed by atoms with E-state index < -0.39 is 46.5 Å². The first-order valence-corrected chi connectivity index (χ1v) is 18.1. The number of benzene rings is 2. The van der Waals surface area contributed by atoms with Crippen molar-refractivity contribution in [2.24, 2.45) is 35.5 Å². The van der Waals surface area contributed by atoms with Crippen molar-refractivity contribution in [2.45, 2.75) is 66.2 Å². The largest absolute Gasteiger partial charge is 0.462 e. The van der Waals surface area contributed by atoms with Crippen LogP contribution in [0, 0.1) is 35.5 Å². The lowest BCUT2D eigenvalue weighted by Gasteiger charge is -2.20. The zero-order valence-corrected chi connectivity index (χ0v) is 31.3. The van der Waals surface area contributed by atoms with Crippen LogP contribution in [-0.2, 0) is 19.1 Å². The minimum absolute atomic E-state index is 0.0972. The standard InChI is InChI=1S/C34H36Cl6O8/c1-5-17-7-9-19(15(17)3)13-45-31(41)25-27(39)21(35)11-23(37)29(25)47-33(43)34(44)48-30-24(38)12-22(36)28(40)26(30)32(42)46-14-20-10-8-18(6-2)16(20)4/h11-12,15-20H,5-10,13-14H2,1-4H3. The van der Waals surface area contributed by atoms with Crippen LogP contribution in [0.15, 0.2) is 12.1 Å². The van der Waals surface area contributed by atoms with E-state index in [0.717, 1.165) is 50.7 Å². The molecule has 6 atom stereocenters. The fraction of sp³-hybridized carbons (Fsp3) is 0.529. The number of carbonyl (C=O) groups is 4. The number of hydrogen-bond acceptors (Lipinski definition) is 8. The van der Waals surface area contributed by atoms with Gasteiger partial charge in [0.1, 0.15) is 11.1 Å². The normalized spacial score (nSPS) is 23.5. The van der Waals surface area contributed by atoms with Gasteiger partial charge < -0.3 is 18.9 Å². The lowest BCUT2D eigenvalue weighted by molar-refractivity contribution is -0.156. The summed E-state index contributed by atoms with van der Waals surface area (Å²) in [6, 6.07) is 2.28. The number of esters is 4. The first-order chi connectivity index (χ1) is 22.7. The van der Waals surface area contributed by atoms with Gasteiger partial charge in [-0.1, -0.05) is 110 Å². The predicted octanol–water partition coefficient (Wildman–Crippen LogP) is 10.6. The smallest absolute Gasteiger partial charge is 0.423 e. The van der Waals surface area contributed by atoms with E-state index in [9.17, 15) is 19.2 Å². The Morgan fingerprint density at radius 3 is 1.23 bits per heavy atom. The van der Waals surface area contributed by atoms with Gasteiger partial charge in [-0.25, -0.2) is 19.2 Å². The van der Waals surface area contributed by atoms with E-state index in [2.05, 4.69) is 27.7 Å². The van der Waals surface area contributed by atoms with Crippen LogP contribution in [0.2, 0.25) is 30.1 Å². The maximum absolute atomic E-state index is 13.3. The molecule has 0 spiro atoms. The lowest BCUT2D eigenvalue weighted by atomic mass is 9.90. The highest BCUT2D eigenvalue weighted by Gasteiger charge is 2.36. The van der Waals surface area contributed by atoms with Crippen LogP contribution in [0.3, 0.4) is 0 Å². The molecule has 48 heavy (non-hydrogen) atoms. The van der Waals surface area contributed by atoms with Gasteiger partial charge in [-0.3, -0.25) is 0 Å². The van der Waals surface area contributed by atoms with Gasteiger partial charge in [0.15, 0.2) is 11.5 Å². The molecule has 8 nitrogen and oxygen atoms in total. The van der Waals surface area contributed by atoms with E-state index in [-0.39, 0.29) is 55.2 Å². The van der Waals surface area contributed by atoms with Crippen molar-refractivity contribution in [2.75, 3.05) is 13.2 Å². The molecule has 0 bridgehead atoms. The molecule has 2 aromatic carbocycles. The summed E-state index contributed by atoms with van der Waals surface area (Å²) in [5, 5.41) is -1.43. The Balaban J connectivity index is 1.52. The Bertz CT molecular complexity index is 1460. The Labute approximate surface area is 309 Å². The maximum atomic E-state index is 13.3. The summed E-state index contributed by atoms with van der Waals surface area (Å²) in [6.45, 7) is 8.67. The highest BCUT2D eigenvalue weighted by atomic mass is 35.5. The molecule has 0 radical (unpaired) electrons. The summed E-state index contributed by atoms with van der Waals surface area (Å²) in [5.74, 6) is -4.34. The minimum Gasteiger partial charge on any atom is -0.462 e. The molecule has 0 amide bonds. The van der Waals surface area contributed by atoms with Crippen LogP contribution in [0.1, 0.15) is 86.9 Å². The van der Waals surface area contributed by atoms with E-state index in [1.165, 1.54) is 0 Å². The summed E-state index contributed by atoms with van der Waals surface area (Å²) >= 11 is 37.6. The van der Waals surface area contributed by atoms with Gasteiger partial charge in [0.05, 0.1) is 43.3 Å². The molecule has 4 rings (SSSR count). The first kappa shape index (κ1) is 38.9. The fourth-order valence-electron chi connectivity index (χ4n) is 6.80. The van der Waals surface area contributed by atoms with E-state index in [0.29, 0.717) is 23.7 Å². The summed E-state index contributed by atoms with van der Waals surface area (Å²) < 4.78 is 21.6. The van der Waals surface area contributed by atoms with Gasteiger partial charge in [0.25, 0.3) is 0 Å². The van der Waals surface area contributed by atoms with Gasteiger partial charge >= 0.3 is 23.9 Å². The second-order valence-corrected chi connectivity index (χ2v) is 14.8. The quantitative estimate of drug-likeness (QED) is 0.101. The van der Waals surface area contributed by atoms with Crippen LogP contribution >= 0.6 is 69.6 Å². The topological polar surface area (TPSA) is 105 Å². The third kappa shape index (κ3) is 8.50. The van der Waals surface area contributed by atoms with Gasteiger partial charge in [-0.15, -0.1) is 0 Å². The summed E-state index contributed by atoms with van der Waals surface area (Å²) in [5.41, 5.74) is -0.896. The summed E-state index contributed by atoms with van der Waals surface area (Å²) in [7, 11) is 0. The zero-order chi connectivity index (χ0) is 35.4. The van der Waals surface area contributed by atoms with Gasteiger partial charge in [0.2, 0.25) is 0 Å². The van der Waals surface area contributed by atoms with Crippen molar-refractivity contribution in [1.29, 1.82) is 0 Å². The van der Waals surface area contributed by atoms with Crippen LogP contribution in [0.4, 0.5) is 0 Å². The SMILES string of the molecule is CCC1CCC(COC(=O)c2c(Cl)c(Cl)cc(Cl)c2OC(=O)C(=O)Oc2c(Cl)cc(Cl)c(Cl)c2C(=O)OCC2CCC(CC)C2C)C1C. The molecule has 0 heterocycles. The molecular formula is C34H36Cl6O8. The Morgan fingerprint density at radius 1 is 0.583 bits per heavy atom. The van der Waals surface area contributed by atoms with Gasteiger partial charge in [-0.2, -0.15) is 0 Å². The molecule has 6 unspecified atom stereocenters. The molecule has 0 aliphatic heterocycles. The van der Waals surface area contributed by atoms with Crippen molar-refractivity contribution >= 4 is 93.5 Å². The number of rotatable bonds is 10. The Morgan fingerprint density at radius 2 is 0.917 bits per heavy atom. The number of halogens is 6. The molecule has 0 aromatic heterocycles. The second kappa shape index (κ2) is 16.8. The van der Waals surface area contributed by atoms with Crippen molar-refractivity contribution in [3.05, 3.63) is 53.4 Å². The lowest BCUT2D eigenvalue weighted by Crippen LogP contribution is -2.28. The Kier molecular flexibility index (Phi) is 13.6. The zero-order valence-electron chi connectivity index (χ0n) is 26.8. The number of carbonyl (C=O) groups excluding carboxylic acids is 4. The molecule has 2 saturated carbocycles. The molecule has 2 aliphatic rings. The molecule has 2 aromatic rings. The van der Waals surface area contributed by atoms with Crippen molar-refractivity contribution in [3.8, 4) is 11.5 Å². The highest BCUT2D eigenvalue weighted by Crippen LogP contribution is 2.44. The number of hydrogen-bond donors (Lipinski definition) is 0. The molecule has 14 heteroatoms. The first-order valence-electron chi connectivity index (χ1n) is 15.8. The number of ether oxygens (including phenoxy) is 4. The predicted molar refractivity (Wildman–Crippen MR) is 186 cm³/mol. The van der Waals surface area contributed by atoms with Crippen LogP contribution in [-0.4, -0.2) is 37.1 Å². The highest BCUT2D eigenvalue weighted by molar-refractivity contribution is 6.47. The van der Waals surface area contributed by atoms with Crippen LogP contribution < -0.4 is 9.47 Å².